The molecule has 1 aromatic carbocycles. The summed E-state index contributed by atoms with van der Waals surface area (Å²) in [6, 6.07) is 11.1. The van der Waals surface area contributed by atoms with E-state index < -0.39 is 0 Å². The molecule has 0 spiro atoms. The van der Waals surface area contributed by atoms with Crippen LogP contribution in [0.2, 0.25) is 0 Å². The van der Waals surface area contributed by atoms with Crippen LogP contribution in [0.3, 0.4) is 0 Å². The second-order valence-corrected chi connectivity index (χ2v) is 10.4. The summed E-state index contributed by atoms with van der Waals surface area (Å²) in [4.78, 5) is 19.1. The number of benzene rings is 1. The Labute approximate surface area is 232 Å². The van der Waals surface area contributed by atoms with Gasteiger partial charge in [-0.1, -0.05) is 37.8 Å². The van der Waals surface area contributed by atoms with Gasteiger partial charge in [-0.3, -0.25) is 9.69 Å². The van der Waals surface area contributed by atoms with E-state index in [9.17, 15) is 4.79 Å². The summed E-state index contributed by atoms with van der Waals surface area (Å²) >= 11 is 0. The molecule has 0 bridgehead atoms. The number of aromatic nitrogens is 4. The number of morpholine rings is 1. The van der Waals surface area contributed by atoms with E-state index in [-0.39, 0.29) is 17.9 Å². The predicted octanol–water partition coefficient (Wildman–Crippen LogP) is 3.18. The van der Waals surface area contributed by atoms with Gasteiger partial charge < -0.3 is 24.6 Å². The van der Waals surface area contributed by atoms with Crippen LogP contribution in [0.5, 0.6) is 5.88 Å². The normalized spacial score (nSPS) is 14.0. The van der Waals surface area contributed by atoms with Crippen LogP contribution in [0.4, 0.5) is 11.5 Å². The molecule has 0 aliphatic carbocycles. The first-order valence-corrected chi connectivity index (χ1v) is 13.2. The minimum atomic E-state index is -0.220. The lowest BCUT2D eigenvalue weighted by atomic mass is 9.93. The maximum absolute atomic E-state index is 12.3. The Morgan fingerprint density at radius 2 is 1.93 bits per heavy atom. The molecule has 11 heteroatoms. The van der Waals surface area contributed by atoms with Crippen molar-refractivity contribution in [2.45, 2.75) is 26.2 Å². The molecule has 1 amide bonds. The fourth-order valence-corrected chi connectivity index (χ4v) is 4.04. The van der Waals surface area contributed by atoms with Crippen LogP contribution in [0.1, 0.15) is 37.7 Å². The van der Waals surface area contributed by atoms with E-state index in [4.69, 9.17) is 14.0 Å². The molecule has 1 fully saturated rings. The van der Waals surface area contributed by atoms with Crippen molar-refractivity contribution in [3.05, 3.63) is 65.7 Å². The number of ether oxygens (including phenoxy) is 2. The van der Waals surface area contributed by atoms with Gasteiger partial charge in [-0.05, 0) is 24.3 Å². The van der Waals surface area contributed by atoms with Crippen molar-refractivity contribution in [3.63, 3.8) is 0 Å². The van der Waals surface area contributed by atoms with Gasteiger partial charge in [0.15, 0.2) is 11.5 Å². The number of rotatable bonds is 8. The van der Waals surface area contributed by atoms with E-state index in [1.54, 1.807) is 29.0 Å². The van der Waals surface area contributed by atoms with Crippen molar-refractivity contribution in [1.29, 1.82) is 0 Å². The minimum Gasteiger partial charge on any atom is -0.476 e. The summed E-state index contributed by atoms with van der Waals surface area (Å²) in [5.74, 6) is 7.83. The number of amides is 1. The van der Waals surface area contributed by atoms with Crippen LogP contribution < -0.4 is 15.4 Å². The van der Waals surface area contributed by atoms with Crippen molar-refractivity contribution in [3.8, 4) is 17.7 Å². The Bertz CT molecular complexity index is 1500. The molecule has 1 aliphatic heterocycles. The Kier molecular flexibility index (Phi) is 8.28. The molecule has 208 valence electrons. The second-order valence-electron chi connectivity index (χ2n) is 10.4. The molecular weight excluding hydrogens is 510 g/mol. The predicted molar refractivity (Wildman–Crippen MR) is 150 cm³/mol. The summed E-state index contributed by atoms with van der Waals surface area (Å²) in [6.07, 6.45) is 3.40. The number of carbonyl (C=O) groups is 1. The monoisotopic (exact) mass is 543 g/mol. The van der Waals surface area contributed by atoms with Crippen molar-refractivity contribution in [2.24, 2.45) is 0 Å². The van der Waals surface area contributed by atoms with Gasteiger partial charge in [-0.2, -0.15) is 9.61 Å². The van der Waals surface area contributed by atoms with E-state index in [2.05, 4.69) is 42.6 Å². The first kappa shape index (κ1) is 27.2. The smallest absolute Gasteiger partial charge is 0.244 e. The summed E-state index contributed by atoms with van der Waals surface area (Å²) in [5, 5.41) is 14.2. The molecule has 11 nitrogen and oxygen atoms in total. The third-order valence-electron chi connectivity index (χ3n) is 6.32. The van der Waals surface area contributed by atoms with Crippen LogP contribution in [0, 0.1) is 11.8 Å². The zero-order chi connectivity index (χ0) is 28.0. The highest BCUT2D eigenvalue weighted by atomic mass is 16.5. The van der Waals surface area contributed by atoms with Crippen molar-refractivity contribution in [1.82, 2.24) is 24.7 Å². The van der Waals surface area contributed by atoms with Gasteiger partial charge in [0.2, 0.25) is 11.8 Å². The van der Waals surface area contributed by atoms with Crippen molar-refractivity contribution >= 4 is 23.1 Å². The quantitative estimate of drug-likeness (QED) is 0.323. The summed E-state index contributed by atoms with van der Waals surface area (Å²) in [6.45, 7) is 10.9. The third kappa shape index (κ3) is 6.97. The van der Waals surface area contributed by atoms with Gasteiger partial charge in [0.25, 0.3) is 0 Å². The molecule has 2 N–H and O–H groups in total. The molecular formula is C29H33N7O4. The lowest BCUT2D eigenvalue weighted by Crippen LogP contribution is -2.38. The van der Waals surface area contributed by atoms with Crippen molar-refractivity contribution < 1.29 is 18.8 Å². The van der Waals surface area contributed by atoms with Crippen molar-refractivity contribution in [2.75, 3.05) is 56.6 Å². The van der Waals surface area contributed by atoms with E-state index in [0.717, 1.165) is 44.1 Å². The molecule has 0 unspecified atom stereocenters. The highest BCUT2D eigenvalue weighted by Gasteiger charge is 2.20. The van der Waals surface area contributed by atoms with Gasteiger partial charge in [0.1, 0.15) is 12.4 Å². The van der Waals surface area contributed by atoms with Gasteiger partial charge in [0.05, 0.1) is 31.5 Å². The number of nitrogens with one attached hydrogen (secondary N) is 2. The van der Waals surface area contributed by atoms with E-state index in [0.29, 0.717) is 35.3 Å². The molecule has 0 saturated carbocycles. The number of hydrogen-bond acceptors (Lipinski definition) is 9. The van der Waals surface area contributed by atoms with Crippen LogP contribution in [0.25, 0.3) is 5.65 Å². The number of nitrogens with zero attached hydrogens (tertiary/aromatic N) is 5. The highest BCUT2D eigenvalue weighted by molar-refractivity contribution is 5.92. The average Bonchev–Trinajstić information content (AvgIpc) is 3.60. The number of hydrogen-bond donors (Lipinski definition) is 2. The zero-order valence-electron chi connectivity index (χ0n) is 22.9. The molecule has 0 atom stereocenters. The lowest BCUT2D eigenvalue weighted by Gasteiger charge is -2.26. The van der Waals surface area contributed by atoms with Crippen LogP contribution >= 0.6 is 0 Å². The molecule has 4 aromatic rings. The van der Waals surface area contributed by atoms with E-state index in [1.807, 2.05) is 45.0 Å². The number of fused-ring (bicyclic) bond motifs is 1. The van der Waals surface area contributed by atoms with Crippen LogP contribution in [0.15, 0.2) is 53.3 Å². The van der Waals surface area contributed by atoms with E-state index in [1.165, 1.54) is 0 Å². The highest BCUT2D eigenvalue weighted by Crippen LogP contribution is 2.24. The summed E-state index contributed by atoms with van der Waals surface area (Å²) in [5.41, 5.74) is 2.79. The molecule has 4 heterocycles. The van der Waals surface area contributed by atoms with Gasteiger partial charge in [-0.25, -0.2) is 4.98 Å². The average molecular weight is 544 g/mol. The SMILES string of the molecule is CC(C)(C)c1cc(NC(=O)CNc2ccc(C#Cc3cnn4c(OCCN5CCOCC5)ccnc34)cc2)no1. The van der Waals surface area contributed by atoms with Crippen LogP contribution in [-0.2, 0) is 14.9 Å². The van der Waals surface area contributed by atoms with Gasteiger partial charge in [-0.15, -0.1) is 0 Å². The van der Waals surface area contributed by atoms with Gasteiger partial charge in [0, 0.05) is 54.6 Å². The maximum atomic E-state index is 12.3. The molecule has 1 saturated heterocycles. The standard InChI is InChI=1S/C29H33N7O4/c1-29(2,3)24-18-25(34-40-24)33-26(37)20-31-23-8-5-21(6-9-23)4-7-22-19-32-36-27(10-11-30-28(22)36)39-17-14-35-12-15-38-16-13-35/h5-6,8-11,18-19,31H,12-17,20H2,1-3H3,(H,33,34,37). The molecule has 5 rings (SSSR count). The van der Waals surface area contributed by atoms with Gasteiger partial charge >= 0.3 is 0 Å². The third-order valence-corrected chi connectivity index (χ3v) is 6.32. The molecule has 1 aliphatic rings. The fourth-order valence-electron chi connectivity index (χ4n) is 4.04. The Hall–Kier alpha value is -4.40. The second kappa shape index (κ2) is 12.2. The van der Waals surface area contributed by atoms with E-state index >= 15 is 0 Å². The molecule has 40 heavy (non-hydrogen) atoms. The first-order valence-electron chi connectivity index (χ1n) is 13.2. The summed E-state index contributed by atoms with van der Waals surface area (Å²) in [7, 11) is 0. The largest absolute Gasteiger partial charge is 0.476 e. The Morgan fingerprint density at radius 3 is 2.67 bits per heavy atom. The molecule has 3 aromatic heterocycles. The molecule has 0 radical (unpaired) electrons. The van der Waals surface area contributed by atoms with Crippen LogP contribution in [-0.4, -0.2) is 76.6 Å². The lowest BCUT2D eigenvalue weighted by molar-refractivity contribution is -0.114. The fraction of sp³-hybridized carbons (Fsp3) is 0.379. The summed E-state index contributed by atoms with van der Waals surface area (Å²) < 4.78 is 18.4. The first-order chi connectivity index (χ1) is 19.3. The Morgan fingerprint density at radius 1 is 1.12 bits per heavy atom. The number of anilines is 2. The number of carbonyl (C=O) groups excluding carboxylic acids is 1. The topological polar surface area (TPSA) is 119 Å². The Balaban J connectivity index is 1.14. The zero-order valence-corrected chi connectivity index (χ0v) is 22.9. The maximum Gasteiger partial charge on any atom is 0.244 e. The minimum absolute atomic E-state index is 0.0909.